The number of carbonyl (C=O) groups is 1. The second-order valence-electron chi connectivity index (χ2n) is 7.59. The number of rotatable bonds is 9. The van der Waals surface area contributed by atoms with Gasteiger partial charge in [0.2, 0.25) is 10.0 Å². The van der Waals surface area contributed by atoms with Gasteiger partial charge in [-0.1, -0.05) is 48.9 Å². The first kappa shape index (κ1) is 25.4. The molecule has 1 amide bonds. The van der Waals surface area contributed by atoms with Crippen LogP contribution in [0.25, 0.3) is 0 Å². The van der Waals surface area contributed by atoms with Crippen LogP contribution >= 0.6 is 11.6 Å². The highest BCUT2D eigenvalue weighted by atomic mass is 35.5. The lowest BCUT2D eigenvalue weighted by molar-refractivity contribution is 0.102. The van der Waals surface area contributed by atoms with Gasteiger partial charge in [-0.05, 0) is 41.8 Å². The Morgan fingerprint density at radius 3 is 2.21 bits per heavy atom. The molecule has 1 N–H and O–H groups in total. The molecule has 0 aliphatic rings. The number of ether oxygens (including phenoxy) is 2. The van der Waals surface area contributed by atoms with Crippen molar-refractivity contribution in [1.29, 1.82) is 0 Å². The van der Waals surface area contributed by atoms with Crippen molar-refractivity contribution in [2.24, 2.45) is 0 Å². The number of aryl methyl sites for hydroxylation is 1. The lowest BCUT2D eigenvalue weighted by Gasteiger charge is -2.26. The minimum absolute atomic E-state index is 0.00267. The third kappa shape index (κ3) is 5.81. The van der Waals surface area contributed by atoms with Crippen molar-refractivity contribution in [3.05, 3.63) is 82.4 Å². The van der Waals surface area contributed by atoms with Gasteiger partial charge in [-0.2, -0.15) is 0 Å². The van der Waals surface area contributed by atoms with E-state index in [0.29, 0.717) is 27.8 Å². The third-order valence-corrected chi connectivity index (χ3v) is 6.68. The Balaban J connectivity index is 2.14. The van der Waals surface area contributed by atoms with Crippen LogP contribution in [0, 0.1) is 0 Å². The standard InChI is InChI=1S/C25H27ClN2O5S/c1-5-18-8-6-7-9-21(18)27-25(29)20-14-23(32-2)24(33-3)15-22(20)28(34(4,30)31)16-17-10-12-19(26)13-11-17/h6-15H,5,16H2,1-4H3,(H,27,29). The maximum absolute atomic E-state index is 13.5. The molecule has 0 unspecified atom stereocenters. The lowest BCUT2D eigenvalue weighted by Crippen LogP contribution is -2.31. The molecule has 34 heavy (non-hydrogen) atoms. The van der Waals surface area contributed by atoms with Gasteiger partial charge >= 0.3 is 0 Å². The maximum Gasteiger partial charge on any atom is 0.257 e. The largest absolute Gasteiger partial charge is 0.493 e. The molecule has 0 aliphatic carbocycles. The van der Waals surface area contributed by atoms with Crippen LogP contribution in [-0.2, 0) is 23.0 Å². The van der Waals surface area contributed by atoms with Gasteiger partial charge in [-0.3, -0.25) is 9.10 Å². The first-order valence-electron chi connectivity index (χ1n) is 10.5. The zero-order valence-electron chi connectivity index (χ0n) is 19.5. The van der Waals surface area contributed by atoms with Gasteiger partial charge in [0.05, 0.1) is 38.3 Å². The fourth-order valence-corrected chi connectivity index (χ4v) is 4.55. The topological polar surface area (TPSA) is 84.9 Å². The molecule has 0 radical (unpaired) electrons. The Labute approximate surface area is 205 Å². The van der Waals surface area contributed by atoms with E-state index in [1.807, 2.05) is 25.1 Å². The second-order valence-corrected chi connectivity index (χ2v) is 9.93. The van der Waals surface area contributed by atoms with Crippen LogP contribution in [0.1, 0.15) is 28.4 Å². The molecule has 3 aromatic carbocycles. The Bertz CT molecular complexity index is 1280. The minimum Gasteiger partial charge on any atom is -0.493 e. The van der Waals surface area contributed by atoms with Crippen molar-refractivity contribution in [2.45, 2.75) is 19.9 Å². The molecule has 0 aliphatic heterocycles. The summed E-state index contributed by atoms with van der Waals surface area (Å²) < 4.78 is 37.7. The summed E-state index contributed by atoms with van der Waals surface area (Å²) in [6.07, 6.45) is 1.81. The van der Waals surface area contributed by atoms with Crippen LogP contribution in [0.15, 0.2) is 60.7 Å². The Morgan fingerprint density at radius 2 is 1.62 bits per heavy atom. The van der Waals surface area contributed by atoms with Gasteiger partial charge in [-0.15, -0.1) is 0 Å². The number of hydrogen-bond donors (Lipinski definition) is 1. The van der Waals surface area contributed by atoms with Gasteiger partial charge in [0.1, 0.15) is 0 Å². The van der Waals surface area contributed by atoms with Crippen LogP contribution in [0.2, 0.25) is 5.02 Å². The normalized spacial score (nSPS) is 11.1. The summed E-state index contributed by atoms with van der Waals surface area (Å²) in [5.41, 5.74) is 2.61. The van der Waals surface area contributed by atoms with E-state index in [-0.39, 0.29) is 17.8 Å². The molecule has 0 saturated carbocycles. The van der Waals surface area contributed by atoms with Crippen molar-refractivity contribution >= 4 is 38.9 Å². The quantitative estimate of drug-likeness (QED) is 0.438. The van der Waals surface area contributed by atoms with Gasteiger partial charge in [-0.25, -0.2) is 8.42 Å². The zero-order valence-corrected chi connectivity index (χ0v) is 21.0. The molecule has 180 valence electrons. The first-order chi connectivity index (χ1) is 16.2. The minimum atomic E-state index is -3.79. The van der Waals surface area contributed by atoms with E-state index < -0.39 is 15.9 Å². The molecule has 0 atom stereocenters. The average Bonchev–Trinajstić information content (AvgIpc) is 2.82. The Hall–Kier alpha value is -3.23. The van der Waals surface area contributed by atoms with Gasteiger partial charge in [0, 0.05) is 16.8 Å². The van der Waals surface area contributed by atoms with E-state index in [2.05, 4.69) is 5.32 Å². The fourth-order valence-electron chi connectivity index (χ4n) is 3.53. The van der Waals surface area contributed by atoms with Crippen LogP contribution in [0.5, 0.6) is 11.5 Å². The smallest absolute Gasteiger partial charge is 0.257 e. The van der Waals surface area contributed by atoms with Crippen molar-refractivity contribution < 1.29 is 22.7 Å². The van der Waals surface area contributed by atoms with Gasteiger partial charge in [0.15, 0.2) is 11.5 Å². The van der Waals surface area contributed by atoms with Crippen molar-refractivity contribution in [3.8, 4) is 11.5 Å². The number of anilines is 2. The molecule has 0 bridgehead atoms. The predicted molar refractivity (Wildman–Crippen MR) is 136 cm³/mol. The number of amides is 1. The summed E-state index contributed by atoms with van der Waals surface area (Å²) in [6, 6.07) is 17.3. The number of hydrogen-bond acceptors (Lipinski definition) is 5. The highest BCUT2D eigenvalue weighted by Gasteiger charge is 2.27. The number of halogens is 1. The fraction of sp³-hybridized carbons (Fsp3) is 0.240. The zero-order chi connectivity index (χ0) is 24.9. The molecule has 0 aromatic heterocycles. The molecule has 9 heteroatoms. The molecule has 0 saturated heterocycles. The molecule has 0 spiro atoms. The van der Waals surface area contributed by atoms with E-state index in [1.54, 1.807) is 30.3 Å². The van der Waals surface area contributed by atoms with E-state index in [1.165, 1.54) is 30.7 Å². The number of benzene rings is 3. The number of para-hydroxylation sites is 1. The summed E-state index contributed by atoms with van der Waals surface area (Å²) >= 11 is 5.98. The molecular formula is C25H27ClN2O5S. The summed E-state index contributed by atoms with van der Waals surface area (Å²) in [6.45, 7) is 1.99. The SMILES string of the molecule is CCc1ccccc1NC(=O)c1cc(OC)c(OC)cc1N(Cc1ccc(Cl)cc1)S(C)(=O)=O. The van der Waals surface area contributed by atoms with Gasteiger partial charge in [0.25, 0.3) is 5.91 Å². The molecule has 3 rings (SSSR count). The molecule has 0 heterocycles. The van der Waals surface area contributed by atoms with Crippen LogP contribution in [0.4, 0.5) is 11.4 Å². The van der Waals surface area contributed by atoms with Crippen molar-refractivity contribution in [3.63, 3.8) is 0 Å². The first-order valence-corrected chi connectivity index (χ1v) is 12.8. The number of methoxy groups -OCH3 is 2. The van der Waals surface area contributed by atoms with E-state index in [0.717, 1.165) is 18.2 Å². The number of sulfonamides is 1. The number of nitrogens with zero attached hydrogens (tertiary/aromatic N) is 1. The Kier molecular flexibility index (Phi) is 8.06. The molecule has 7 nitrogen and oxygen atoms in total. The molecule has 0 fully saturated rings. The highest BCUT2D eigenvalue weighted by molar-refractivity contribution is 7.92. The molecular weight excluding hydrogens is 476 g/mol. The third-order valence-electron chi connectivity index (χ3n) is 5.30. The summed E-state index contributed by atoms with van der Waals surface area (Å²) in [7, 11) is -0.889. The van der Waals surface area contributed by atoms with E-state index in [9.17, 15) is 13.2 Å². The summed E-state index contributed by atoms with van der Waals surface area (Å²) in [4.78, 5) is 13.5. The van der Waals surface area contributed by atoms with Crippen LogP contribution < -0.4 is 19.1 Å². The maximum atomic E-state index is 13.5. The summed E-state index contributed by atoms with van der Waals surface area (Å²) in [5, 5.41) is 3.45. The lowest BCUT2D eigenvalue weighted by atomic mass is 10.1. The van der Waals surface area contributed by atoms with Gasteiger partial charge < -0.3 is 14.8 Å². The predicted octanol–water partition coefficient (Wildman–Crippen LogP) is 5.14. The number of nitrogens with one attached hydrogen (secondary N) is 1. The monoisotopic (exact) mass is 502 g/mol. The summed E-state index contributed by atoms with van der Waals surface area (Å²) in [5.74, 6) is 0.134. The molecule has 3 aromatic rings. The number of carbonyl (C=O) groups excluding carboxylic acids is 1. The Morgan fingerprint density at radius 1 is 1.00 bits per heavy atom. The van der Waals surface area contributed by atoms with Crippen LogP contribution in [0.3, 0.4) is 0 Å². The van der Waals surface area contributed by atoms with Crippen LogP contribution in [-0.4, -0.2) is 34.8 Å². The van der Waals surface area contributed by atoms with E-state index >= 15 is 0 Å². The van der Waals surface area contributed by atoms with Crippen molar-refractivity contribution in [1.82, 2.24) is 0 Å². The second kappa shape index (κ2) is 10.8. The van der Waals surface area contributed by atoms with E-state index in [4.69, 9.17) is 21.1 Å². The average molecular weight is 503 g/mol. The van der Waals surface area contributed by atoms with Crippen molar-refractivity contribution in [2.75, 3.05) is 30.1 Å². The highest BCUT2D eigenvalue weighted by Crippen LogP contribution is 2.37.